The summed E-state index contributed by atoms with van der Waals surface area (Å²) >= 11 is 0. The number of nitriles is 1. The van der Waals surface area contributed by atoms with Gasteiger partial charge < -0.3 is 10.2 Å². The lowest BCUT2D eigenvalue weighted by Crippen LogP contribution is -2.50. The highest BCUT2D eigenvalue weighted by Crippen LogP contribution is 2.28. The SMILES string of the molecule is CC1(C(=O)N(CCC#N)Cc2cccnc2)CCCNC1. The Morgan fingerprint density at radius 3 is 3.10 bits per heavy atom. The minimum absolute atomic E-state index is 0.133. The standard InChI is InChI=1S/C16H22N4O/c1-16(6-3-9-19-13-16)15(21)20(10-4-7-17)12-14-5-2-8-18-11-14/h2,5,8,11,19H,3-4,6,9-10,12-13H2,1H3. The molecule has 2 rings (SSSR count). The van der Waals surface area contributed by atoms with E-state index < -0.39 is 0 Å². The van der Waals surface area contributed by atoms with Gasteiger partial charge in [0.15, 0.2) is 0 Å². The molecule has 1 aliphatic rings. The van der Waals surface area contributed by atoms with Gasteiger partial charge in [-0.15, -0.1) is 0 Å². The van der Waals surface area contributed by atoms with Gasteiger partial charge in [0, 0.05) is 32.0 Å². The van der Waals surface area contributed by atoms with Crippen LogP contribution in [0.15, 0.2) is 24.5 Å². The average Bonchev–Trinajstić information content (AvgIpc) is 2.52. The Morgan fingerprint density at radius 2 is 2.48 bits per heavy atom. The topological polar surface area (TPSA) is 69.0 Å². The maximum atomic E-state index is 12.9. The molecule has 0 spiro atoms. The highest BCUT2D eigenvalue weighted by molar-refractivity contribution is 5.82. The summed E-state index contributed by atoms with van der Waals surface area (Å²) in [6.07, 6.45) is 5.76. The van der Waals surface area contributed by atoms with E-state index in [0.717, 1.165) is 24.9 Å². The van der Waals surface area contributed by atoms with E-state index in [2.05, 4.69) is 16.4 Å². The Morgan fingerprint density at radius 1 is 1.62 bits per heavy atom. The molecule has 1 saturated heterocycles. The first-order chi connectivity index (χ1) is 10.2. The number of pyridine rings is 1. The summed E-state index contributed by atoms with van der Waals surface area (Å²) in [6, 6.07) is 5.96. The Kier molecular flexibility index (Phi) is 5.29. The fraction of sp³-hybridized carbons (Fsp3) is 0.562. The van der Waals surface area contributed by atoms with Crippen LogP contribution in [0.3, 0.4) is 0 Å². The van der Waals surface area contributed by atoms with E-state index in [-0.39, 0.29) is 11.3 Å². The first-order valence-corrected chi connectivity index (χ1v) is 7.42. The molecular formula is C16H22N4O. The average molecular weight is 286 g/mol. The molecule has 2 heterocycles. The fourth-order valence-electron chi connectivity index (χ4n) is 2.77. The normalized spacial score (nSPS) is 21.5. The maximum Gasteiger partial charge on any atom is 0.230 e. The van der Waals surface area contributed by atoms with Crippen molar-refractivity contribution in [2.75, 3.05) is 19.6 Å². The Labute approximate surface area is 126 Å². The molecule has 1 aromatic heterocycles. The number of aromatic nitrogens is 1. The largest absolute Gasteiger partial charge is 0.337 e. The Hall–Kier alpha value is -1.93. The van der Waals surface area contributed by atoms with Crippen LogP contribution in [0.25, 0.3) is 0 Å². The Bertz CT molecular complexity index is 503. The van der Waals surface area contributed by atoms with Crippen LogP contribution in [0, 0.1) is 16.7 Å². The summed E-state index contributed by atoms with van der Waals surface area (Å²) in [5.41, 5.74) is 0.631. The number of nitrogens with one attached hydrogen (secondary N) is 1. The second-order valence-electron chi connectivity index (χ2n) is 5.84. The molecule has 21 heavy (non-hydrogen) atoms. The van der Waals surface area contributed by atoms with Gasteiger partial charge in [-0.1, -0.05) is 6.07 Å². The molecule has 5 nitrogen and oxygen atoms in total. The maximum absolute atomic E-state index is 12.9. The van der Waals surface area contributed by atoms with Crippen molar-refractivity contribution < 1.29 is 4.79 Å². The van der Waals surface area contributed by atoms with E-state index >= 15 is 0 Å². The molecule has 0 aromatic carbocycles. The van der Waals surface area contributed by atoms with Crippen molar-refractivity contribution in [3.63, 3.8) is 0 Å². The van der Waals surface area contributed by atoms with Gasteiger partial charge in [0.1, 0.15) is 0 Å². The zero-order valence-electron chi connectivity index (χ0n) is 12.5. The lowest BCUT2D eigenvalue weighted by atomic mass is 9.81. The molecule has 0 radical (unpaired) electrons. The van der Waals surface area contributed by atoms with Crippen LogP contribution in [0.5, 0.6) is 0 Å². The van der Waals surface area contributed by atoms with E-state index in [1.54, 1.807) is 17.3 Å². The summed E-state index contributed by atoms with van der Waals surface area (Å²) in [5.74, 6) is 0.133. The van der Waals surface area contributed by atoms with Gasteiger partial charge in [-0.05, 0) is 37.9 Å². The van der Waals surface area contributed by atoms with Crippen LogP contribution in [0.1, 0.15) is 31.7 Å². The number of rotatable bonds is 5. The predicted octanol–water partition coefficient (Wildman–Crippen LogP) is 1.71. The van der Waals surface area contributed by atoms with Crippen molar-refractivity contribution in [3.8, 4) is 6.07 Å². The zero-order chi connectivity index (χ0) is 15.1. The van der Waals surface area contributed by atoms with Crippen molar-refractivity contribution in [2.45, 2.75) is 32.7 Å². The lowest BCUT2D eigenvalue weighted by molar-refractivity contribution is -0.142. The summed E-state index contributed by atoms with van der Waals surface area (Å²) in [4.78, 5) is 18.8. The zero-order valence-corrected chi connectivity index (χ0v) is 12.5. The van der Waals surface area contributed by atoms with Crippen molar-refractivity contribution in [1.82, 2.24) is 15.2 Å². The van der Waals surface area contributed by atoms with Crippen molar-refractivity contribution in [1.29, 1.82) is 5.26 Å². The molecule has 0 aliphatic carbocycles. The van der Waals surface area contributed by atoms with Gasteiger partial charge in [-0.2, -0.15) is 5.26 Å². The number of carbonyl (C=O) groups excluding carboxylic acids is 1. The molecule has 1 amide bonds. The number of hydrogen-bond donors (Lipinski definition) is 1. The number of carbonyl (C=O) groups is 1. The summed E-state index contributed by atoms with van der Waals surface area (Å²) < 4.78 is 0. The van der Waals surface area contributed by atoms with E-state index in [1.807, 2.05) is 19.1 Å². The van der Waals surface area contributed by atoms with Crippen LogP contribution in [0.4, 0.5) is 0 Å². The monoisotopic (exact) mass is 286 g/mol. The third-order valence-corrected chi connectivity index (χ3v) is 3.99. The number of piperidine rings is 1. The minimum Gasteiger partial charge on any atom is -0.337 e. The van der Waals surface area contributed by atoms with Crippen molar-refractivity contribution >= 4 is 5.91 Å². The molecule has 1 fully saturated rings. The molecule has 1 aromatic rings. The first kappa shape index (κ1) is 15.5. The fourth-order valence-corrected chi connectivity index (χ4v) is 2.77. The van der Waals surface area contributed by atoms with Gasteiger partial charge in [-0.3, -0.25) is 9.78 Å². The molecule has 1 unspecified atom stereocenters. The van der Waals surface area contributed by atoms with Crippen LogP contribution in [-0.4, -0.2) is 35.4 Å². The molecule has 5 heteroatoms. The lowest BCUT2D eigenvalue weighted by Gasteiger charge is -2.37. The summed E-state index contributed by atoms with van der Waals surface area (Å²) in [6.45, 7) is 4.69. The molecule has 1 aliphatic heterocycles. The molecular weight excluding hydrogens is 264 g/mol. The van der Waals surface area contributed by atoms with Crippen LogP contribution in [0.2, 0.25) is 0 Å². The summed E-state index contributed by atoms with van der Waals surface area (Å²) in [5, 5.41) is 12.1. The molecule has 1 N–H and O–H groups in total. The number of hydrogen-bond acceptors (Lipinski definition) is 4. The highest BCUT2D eigenvalue weighted by atomic mass is 16.2. The van der Waals surface area contributed by atoms with Gasteiger partial charge in [0.25, 0.3) is 0 Å². The quantitative estimate of drug-likeness (QED) is 0.894. The number of nitrogens with zero attached hydrogens (tertiary/aromatic N) is 3. The molecule has 1 atom stereocenters. The first-order valence-electron chi connectivity index (χ1n) is 7.42. The van der Waals surface area contributed by atoms with Crippen molar-refractivity contribution in [3.05, 3.63) is 30.1 Å². The summed E-state index contributed by atoms with van der Waals surface area (Å²) in [7, 11) is 0. The van der Waals surface area contributed by atoms with Crippen LogP contribution in [-0.2, 0) is 11.3 Å². The molecule has 112 valence electrons. The Balaban J connectivity index is 2.11. The highest BCUT2D eigenvalue weighted by Gasteiger charge is 2.37. The number of amides is 1. The third-order valence-electron chi connectivity index (χ3n) is 3.99. The van der Waals surface area contributed by atoms with Gasteiger partial charge >= 0.3 is 0 Å². The van der Waals surface area contributed by atoms with E-state index in [4.69, 9.17) is 5.26 Å². The molecule has 0 bridgehead atoms. The third kappa shape index (κ3) is 4.02. The minimum atomic E-state index is -0.365. The van der Waals surface area contributed by atoms with Crippen LogP contribution < -0.4 is 5.32 Å². The second-order valence-corrected chi connectivity index (χ2v) is 5.84. The van der Waals surface area contributed by atoms with Gasteiger partial charge in [0.2, 0.25) is 5.91 Å². The predicted molar refractivity (Wildman–Crippen MR) is 80.1 cm³/mol. The van der Waals surface area contributed by atoms with E-state index in [0.29, 0.717) is 26.1 Å². The molecule has 0 saturated carbocycles. The van der Waals surface area contributed by atoms with Crippen molar-refractivity contribution in [2.24, 2.45) is 5.41 Å². The van der Waals surface area contributed by atoms with E-state index in [9.17, 15) is 4.79 Å². The van der Waals surface area contributed by atoms with Gasteiger partial charge in [0.05, 0.1) is 17.9 Å². The second kappa shape index (κ2) is 7.19. The van der Waals surface area contributed by atoms with Crippen LogP contribution >= 0.6 is 0 Å². The smallest absolute Gasteiger partial charge is 0.230 e. The van der Waals surface area contributed by atoms with E-state index in [1.165, 1.54) is 0 Å². The van der Waals surface area contributed by atoms with Gasteiger partial charge in [-0.25, -0.2) is 0 Å².